The van der Waals surface area contributed by atoms with E-state index >= 15 is 0 Å². The molecule has 3 N–H and O–H groups in total. The Hall–Kier alpha value is -3.61. The van der Waals surface area contributed by atoms with Crippen molar-refractivity contribution < 1.29 is 5.71 Å². The van der Waals surface area contributed by atoms with Crippen LogP contribution in [0.1, 0.15) is 11.4 Å². The van der Waals surface area contributed by atoms with Gasteiger partial charge < -0.3 is 5.73 Å². The standard InChI is InChI=1S/C18H15N7.4H2/c1-11-16(22-15(10-21-11)13-5-3-7-20-9-13)18-23-17(24-25-18)12-4-2-6-14(19)8-12;;;;/h2-10H,19H2,1H3,(H,23,24,25);4*1H. The molecule has 0 aliphatic heterocycles. The molecule has 0 fully saturated rings. The average Bonchev–Trinajstić information content (AvgIpc) is 3.13. The van der Waals surface area contributed by atoms with Crippen LogP contribution in [0.3, 0.4) is 0 Å². The summed E-state index contributed by atoms with van der Waals surface area (Å²) in [5, 5.41) is 7.22. The van der Waals surface area contributed by atoms with Gasteiger partial charge in [0.05, 0.1) is 17.6 Å². The van der Waals surface area contributed by atoms with Crippen LogP contribution >= 0.6 is 0 Å². The minimum Gasteiger partial charge on any atom is -0.399 e. The number of hydrogen-bond acceptors (Lipinski definition) is 6. The zero-order chi connectivity index (χ0) is 17.2. The molecule has 3 heterocycles. The molecule has 0 unspecified atom stereocenters. The van der Waals surface area contributed by atoms with Gasteiger partial charge in [0.15, 0.2) is 11.6 Å². The number of anilines is 1. The van der Waals surface area contributed by atoms with Gasteiger partial charge in [-0.3, -0.25) is 15.1 Å². The van der Waals surface area contributed by atoms with E-state index < -0.39 is 0 Å². The predicted molar refractivity (Wildman–Crippen MR) is 104 cm³/mol. The van der Waals surface area contributed by atoms with Gasteiger partial charge in [-0.25, -0.2) is 9.97 Å². The summed E-state index contributed by atoms with van der Waals surface area (Å²) in [6.07, 6.45) is 5.20. The van der Waals surface area contributed by atoms with Gasteiger partial charge in [-0.1, -0.05) is 12.1 Å². The number of nitrogens with two attached hydrogens (primary N) is 1. The molecule has 0 saturated carbocycles. The van der Waals surface area contributed by atoms with Crippen molar-refractivity contribution in [1.29, 1.82) is 0 Å². The molecular formula is C18H23N7. The van der Waals surface area contributed by atoms with Crippen LogP contribution in [0.2, 0.25) is 0 Å². The smallest absolute Gasteiger partial charge is 0.181 e. The second-order valence-electron chi connectivity index (χ2n) is 5.56. The first-order valence-corrected chi connectivity index (χ1v) is 7.73. The zero-order valence-corrected chi connectivity index (χ0v) is 13.5. The number of pyridine rings is 1. The molecule has 0 bridgehead atoms. The molecular weight excluding hydrogens is 314 g/mol. The molecule has 0 spiro atoms. The molecule has 25 heavy (non-hydrogen) atoms. The summed E-state index contributed by atoms with van der Waals surface area (Å²) in [6, 6.07) is 11.2. The van der Waals surface area contributed by atoms with Crippen LogP contribution in [0.5, 0.6) is 0 Å². The summed E-state index contributed by atoms with van der Waals surface area (Å²) in [7, 11) is 0. The van der Waals surface area contributed by atoms with E-state index in [4.69, 9.17) is 5.73 Å². The van der Waals surface area contributed by atoms with Crippen molar-refractivity contribution in [3.63, 3.8) is 0 Å². The van der Waals surface area contributed by atoms with Crippen molar-refractivity contribution in [2.75, 3.05) is 5.73 Å². The zero-order valence-electron chi connectivity index (χ0n) is 13.5. The summed E-state index contributed by atoms with van der Waals surface area (Å²) in [5.74, 6) is 1.13. The van der Waals surface area contributed by atoms with Gasteiger partial charge in [0.2, 0.25) is 0 Å². The monoisotopic (exact) mass is 337 g/mol. The lowest BCUT2D eigenvalue weighted by Crippen LogP contribution is -1.96. The molecule has 130 valence electrons. The average molecular weight is 337 g/mol. The fourth-order valence-electron chi connectivity index (χ4n) is 2.50. The van der Waals surface area contributed by atoms with Gasteiger partial charge in [-0.05, 0) is 31.2 Å². The van der Waals surface area contributed by atoms with E-state index in [0.29, 0.717) is 23.0 Å². The highest BCUT2D eigenvalue weighted by molar-refractivity contribution is 5.65. The lowest BCUT2D eigenvalue weighted by molar-refractivity contribution is 1.06. The van der Waals surface area contributed by atoms with Crippen LogP contribution in [0.15, 0.2) is 55.0 Å². The molecule has 0 radical (unpaired) electrons. The molecule has 0 saturated heterocycles. The maximum atomic E-state index is 5.83. The van der Waals surface area contributed by atoms with Crippen LogP contribution < -0.4 is 5.73 Å². The normalized spacial score (nSPS) is 10.8. The number of aromatic nitrogens is 6. The highest BCUT2D eigenvalue weighted by Crippen LogP contribution is 2.24. The number of nitrogens with zero attached hydrogens (tertiary/aromatic N) is 5. The molecule has 7 nitrogen and oxygen atoms in total. The highest BCUT2D eigenvalue weighted by atomic mass is 15.2. The Balaban J connectivity index is 0.00000196. The quantitative estimate of drug-likeness (QED) is 0.550. The molecule has 0 aliphatic rings. The van der Waals surface area contributed by atoms with E-state index in [1.165, 1.54) is 0 Å². The Morgan fingerprint density at radius 1 is 1.04 bits per heavy atom. The van der Waals surface area contributed by atoms with Crippen LogP contribution in [-0.2, 0) is 0 Å². The topological polar surface area (TPSA) is 106 Å². The third-order valence-corrected chi connectivity index (χ3v) is 3.77. The second-order valence-corrected chi connectivity index (χ2v) is 5.56. The maximum Gasteiger partial charge on any atom is 0.181 e. The van der Waals surface area contributed by atoms with Gasteiger partial charge in [-0.2, -0.15) is 5.10 Å². The lowest BCUT2D eigenvalue weighted by Gasteiger charge is -2.04. The first-order chi connectivity index (χ1) is 12.2. The molecule has 4 rings (SSSR count). The third kappa shape index (κ3) is 2.94. The van der Waals surface area contributed by atoms with Gasteiger partial charge >= 0.3 is 0 Å². The Kier molecular flexibility index (Phi) is 3.66. The van der Waals surface area contributed by atoms with E-state index in [1.54, 1.807) is 18.6 Å². The van der Waals surface area contributed by atoms with Crippen LogP contribution in [0.25, 0.3) is 34.2 Å². The van der Waals surface area contributed by atoms with E-state index in [9.17, 15) is 0 Å². The largest absolute Gasteiger partial charge is 0.399 e. The minimum absolute atomic E-state index is 0. The van der Waals surface area contributed by atoms with Crippen molar-refractivity contribution in [2.45, 2.75) is 6.92 Å². The van der Waals surface area contributed by atoms with Gasteiger partial charge in [0.25, 0.3) is 0 Å². The molecule has 0 aliphatic carbocycles. The Labute approximate surface area is 150 Å². The van der Waals surface area contributed by atoms with Crippen LogP contribution in [0.4, 0.5) is 5.69 Å². The first-order valence-electron chi connectivity index (χ1n) is 7.73. The number of H-pyrrole nitrogens is 1. The highest BCUT2D eigenvalue weighted by Gasteiger charge is 2.14. The molecule has 7 heteroatoms. The molecule has 4 aromatic rings. The predicted octanol–water partition coefficient (Wildman–Crippen LogP) is 3.87. The number of hydrogen-bond donors (Lipinski definition) is 2. The number of nitrogens with one attached hydrogen (secondary N) is 1. The Bertz CT molecular complexity index is 1040. The summed E-state index contributed by atoms with van der Waals surface area (Å²) in [5.41, 5.74) is 10.4. The SMILES string of the molecule is Cc1ncc(-c2cccnc2)nc1-c1nc(-c2cccc(N)c2)n[nH]1.[HH].[HH].[HH].[HH]. The molecule has 1 aromatic carbocycles. The fourth-order valence-corrected chi connectivity index (χ4v) is 2.50. The fraction of sp³-hybridized carbons (Fsp3) is 0.0556. The summed E-state index contributed by atoms with van der Waals surface area (Å²) >= 11 is 0. The number of benzene rings is 1. The summed E-state index contributed by atoms with van der Waals surface area (Å²) < 4.78 is 0. The van der Waals surface area contributed by atoms with Crippen LogP contribution in [0, 0.1) is 6.92 Å². The Morgan fingerprint density at radius 3 is 2.72 bits per heavy atom. The van der Waals surface area contributed by atoms with Crippen molar-refractivity contribution in [3.8, 4) is 34.2 Å². The van der Waals surface area contributed by atoms with Gasteiger partial charge in [0.1, 0.15) is 5.69 Å². The maximum absolute atomic E-state index is 5.83. The summed E-state index contributed by atoms with van der Waals surface area (Å²) in [6.45, 7) is 1.89. The number of aromatic amines is 1. The van der Waals surface area contributed by atoms with Crippen molar-refractivity contribution in [2.24, 2.45) is 0 Å². The van der Waals surface area contributed by atoms with Gasteiger partial charge in [0, 0.05) is 34.9 Å². The van der Waals surface area contributed by atoms with Crippen LogP contribution in [-0.4, -0.2) is 30.1 Å². The number of aryl methyl sites for hydroxylation is 1. The number of nitrogen functional groups attached to an aromatic ring is 1. The van der Waals surface area contributed by atoms with Gasteiger partial charge in [-0.15, -0.1) is 0 Å². The van der Waals surface area contributed by atoms with E-state index in [1.807, 2.05) is 43.3 Å². The third-order valence-electron chi connectivity index (χ3n) is 3.77. The van der Waals surface area contributed by atoms with Crippen molar-refractivity contribution in [3.05, 3.63) is 60.7 Å². The van der Waals surface area contributed by atoms with Crippen molar-refractivity contribution >= 4 is 5.69 Å². The minimum atomic E-state index is 0. The van der Waals surface area contributed by atoms with E-state index in [2.05, 4.69) is 30.1 Å². The summed E-state index contributed by atoms with van der Waals surface area (Å²) in [4.78, 5) is 17.8. The van der Waals surface area contributed by atoms with E-state index in [0.717, 1.165) is 22.5 Å². The molecule has 3 aromatic heterocycles. The number of rotatable bonds is 3. The van der Waals surface area contributed by atoms with Crippen molar-refractivity contribution in [1.82, 2.24) is 30.1 Å². The Morgan fingerprint density at radius 2 is 1.92 bits per heavy atom. The van der Waals surface area contributed by atoms with E-state index in [-0.39, 0.29) is 5.71 Å². The first kappa shape index (κ1) is 14.9. The molecule has 0 amide bonds. The second kappa shape index (κ2) is 6.12. The molecule has 0 atom stereocenters. The lowest BCUT2D eigenvalue weighted by atomic mass is 10.2.